The van der Waals surface area contributed by atoms with Gasteiger partial charge in [0.1, 0.15) is 6.04 Å². The van der Waals surface area contributed by atoms with Crippen molar-refractivity contribution in [3.8, 4) is 11.5 Å². The van der Waals surface area contributed by atoms with Crippen LogP contribution >= 0.6 is 0 Å². The average Bonchev–Trinajstić information content (AvgIpc) is 2.60. The smallest absolute Gasteiger partial charge is 0.322 e. The molecule has 1 heterocycles. The van der Waals surface area contributed by atoms with E-state index >= 15 is 0 Å². The largest absolute Gasteiger partial charge is 0.490 e. The van der Waals surface area contributed by atoms with Gasteiger partial charge in [0.05, 0.1) is 12.7 Å². The van der Waals surface area contributed by atoms with Gasteiger partial charge in [0.2, 0.25) is 0 Å². The summed E-state index contributed by atoms with van der Waals surface area (Å²) in [5.41, 5.74) is 0.692. The minimum absolute atomic E-state index is 0.0300. The van der Waals surface area contributed by atoms with Crippen molar-refractivity contribution >= 4 is 18.0 Å². The molecule has 3 unspecified atom stereocenters. The van der Waals surface area contributed by atoms with Gasteiger partial charge in [0, 0.05) is 4.92 Å². The van der Waals surface area contributed by atoms with Crippen LogP contribution in [0.1, 0.15) is 32.8 Å². The number of urea groups is 1. The summed E-state index contributed by atoms with van der Waals surface area (Å²) in [5.74, 6) is 0.221. The van der Waals surface area contributed by atoms with Crippen LogP contribution in [0.15, 0.2) is 24.3 Å². The Morgan fingerprint density at radius 3 is 2.67 bits per heavy atom. The van der Waals surface area contributed by atoms with Crippen LogP contribution in [0.25, 0.3) is 6.08 Å². The van der Waals surface area contributed by atoms with Gasteiger partial charge in [-0.25, -0.2) is 4.79 Å². The van der Waals surface area contributed by atoms with Gasteiger partial charge in [-0.3, -0.25) is 20.2 Å². The van der Waals surface area contributed by atoms with E-state index in [2.05, 4.69) is 5.32 Å². The normalized spacial score (nSPS) is 20.7. The van der Waals surface area contributed by atoms with Crippen molar-refractivity contribution in [3.63, 3.8) is 0 Å². The maximum absolute atomic E-state index is 11.7. The molecule has 0 aromatic heterocycles. The lowest BCUT2D eigenvalue weighted by atomic mass is 10.0. The molecule has 0 aliphatic carbocycles. The molecule has 9 heteroatoms. The Bertz CT molecular complexity index is 749. The molecular weight excluding hydrogens is 354 g/mol. The summed E-state index contributed by atoms with van der Waals surface area (Å²) in [6.45, 7) is 6.28. The van der Waals surface area contributed by atoms with Crippen LogP contribution in [0, 0.1) is 10.1 Å². The molecular formula is C18H23N3O6. The minimum atomic E-state index is -1.58. The topological polar surface area (TPSA) is 120 Å². The van der Waals surface area contributed by atoms with E-state index in [1.54, 1.807) is 24.3 Å². The number of imide groups is 1. The molecule has 1 aromatic rings. The molecule has 2 N–H and O–H groups in total. The monoisotopic (exact) mass is 377 g/mol. The number of carbonyl (C=O) groups excluding carboxylic acids is 2. The molecule has 0 radical (unpaired) electrons. The molecule has 1 aliphatic rings. The lowest BCUT2D eigenvalue weighted by Gasteiger charge is -2.23. The predicted molar refractivity (Wildman–Crippen MR) is 98.3 cm³/mol. The Labute approximate surface area is 156 Å². The Kier molecular flexibility index (Phi) is 6.75. The van der Waals surface area contributed by atoms with Gasteiger partial charge in [-0.2, -0.15) is 0 Å². The maximum atomic E-state index is 11.7. The number of hydrogen-bond donors (Lipinski definition) is 2. The van der Waals surface area contributed by atoms with Gasteiger partial charge < -0.3 is 14.8 Å². The fraction of sp³-hybridized carbons (Fsp3) is 0.444. The highest BCUT2D eigenvalue weighted by molar-refractivity contribution is 6.00. The van der Waals surface area contributed by atoms with Gasteiger partial charge in [-0.1, -0.05) is 25.1 Å². The number of rotatable bonds is 8. The highest BCUT2D eigenvalue weighted by atomic mass is 16.6. The fourth-order valence-electron chi connectivity index (χ4n) is 2.50. The van der Waals surface area contributed by atoms with Gasteiger partial charge in [0.15, 0.2) is 11.5 Å². The van der Waals surface area contributed by atoms with Crippen LogP contribution in [-0.4, -0.2) is 41.7 Å². The summed E-state index contributed by atoms with van der Waals surface area (Å²) >= 11 is 0. The summed E-state index contributed by atoms with van der Waals surface area (Å²) in [7, 11) is 0. The second-order valence-electron chi connectivity index (χ2n) is 6.05. The van der Waals surface area contributed by atoms with Crippen molar-refractivity contribution in [2.75, 3.05) is 6.61 Å². The molecule has 3 atom stereocenters. The zero-order valence-corrected chi connectivity index (χ0v) is 15.4. The Morgan fingerprint density at radius 1 is 1.30 bits per heavy atom. The van der Waals surface area contributed by atoms with E-state index < -0.39 is 28.9 Å². The van der Waals surface area contributed by atoms with Gasteiger partial charge in [-0.15, -0.1) is 0 Å². The van der Waals surface area contributed by atoms with Crippen molar-refractivity contribution in [1.82, 2.24) is 10.6 Å². The van der Waals surface area contributed by atoms with E-state index in [0.717, 1.165) is 6.42 Å². The van der Waals surface area contributed by atoms with Crippen molar-refractivity contribution in [1.29, 1.82) is 0 Å². The Morgan fingerprint density at radius 2 is 2.04 bits per heavy atom. The molecule has 1 aromatic carbocycles. The van der Waals surface area contributed by atoms with Crippen LogP contribution in [0.3, 0.4) is 0 Å². The molecule has 146 valence electrons. The number of benzene rings is 1. The molecule has 1 aliphatic heterocycles. The van der Waals surface area contributed by atoms with Crippen molar-refractivity contribution < 1.29 is 24.0 Å². The van der Waals surface area contributed by atoms with Crippen molar-refractivity contribution in [2.45, 2.75) is 45.4 Å². The summed E-state index contributed by atoms with van der Waals surface area (Å²) in [6.07, 6.45) is 3.89. The fourth-order valence-corrected chi connectivity index (χ4v) is 2.50. The number of ether oxygens (including phenoxy) is 2. The van der Waals surface area contributed by atoms with Crippen molar-refractivity contribution in [2.24, 2.45) is 0 Å². The van der Waals surface area contributed by atoms with E-state index in [1.165, 1.54) is 6.08 Å². The number of amides is 3. The number of nitrogens with zero attached hydrogens (tertiary/aromatic N) is 1. The standard InChI is InChI=1S/C18H23N3O6/c1-4-11(3)27-14-9-7-12(10-15(14)26-5-2)6-8-13-16(21(24)25)17(22)20-18(23)19-13/h6-11,13,16H,4-5H2,1-3H3,(H2,19,20,22,23)/b8-6-. The Hall–Kier alpha value is -3.10. The zero-order chi connectivity index (χ0) is 20.0. The van der Waals surface area contributed by atoms with Gasteiger partial charge in [0.25, 0.3) is 0 Å². The number of hydrogen-bond acceptors (Lipinski definition) is 6. The molecule has 0 saturated carbocycles. The van der Waals surface area contributed by atoms with Gasteiger partial charge in [-0.05, 0) is 38.0 Å². The van der Waals surface area contributed by atoms with Crippen LogP contribution in [-0.2, 0) is 4.79 Å². The molecule has 27 heavy (non-hydrogen) atoms. The third-order valence-electron chi connectivity index (χ3n) is 4.04. The highest BCUT2D eigenvalue weighted by Gasteiger charge is 2.43. The SMILES string of the molecule is CCOc1cc(/C=C\C2NC(=O)NC(=O)C2[N+](=O)[O-])ccc1OC(C)CC. The molecule has 0 bridgehead atoms. The molecule has 9 nitrogen and oxygen atoms in total. The first-order chi connectivity index (χ1) is 12.8. The second kappa shape index (κ2) is 9.02. The van der Waals surface area contributed by atoms with Crippen LogP contribution < -0.4 is 20.1 Å². The quantitative estimate of drug-likeness (QED) is 0.529. The lowest BCUT2D eigenvalue weighted by Crippen LogP contribution is -2.62. The highest BCUT2D eigenvalue weighted by Crippen LogP contribution is 2.30. The summed E-state index contributed by atoms with van der Waals surface area (Å²) < 4.78 is 11.4. The Balaban J connectivity index is 2.24. The third-order valence-corrected chi connectivity index (χ3v) is 4.04. The minimum Gasteiger partial charge on any atom is -0.490 e. The summed E-state index contributed by atoms with van der Waals surface area (Å²) in [5, 5.41) is 15.4. The predicted octanol–water partition coefficient (Wildman–Crippen LogP) is 2.13. The third kappa shape index (κ3) is 5.19. The first kappa shape index (κ1) is 20.2. The number of nitrogens with one attached hydrogen (secondary N) is 2. The van der Waals surface area contributed by atoms with E-state index in [1.807, 2.05) is 26.1 Å². The van der Waals surface area contributed by atoms with Gasteiger partial charge >= 0.3 is 18.0 Å². The van der Waals surface area contributed by atoms with E-state index in [9.17, 15) is 19.7 Å². The molecule has 2 rings (SSSR count). The molecule has 3 amide bonds. The van der Waals surface area contributed by atoms with Crippen LogP contribution in [0.2, 0.25) is 0 Å². The second-order valence-corrected chi connectivity index (χ2v) is 6.05. The van der Waals surface area contributed by atoms with Crippen LogP contribution in [0.5, 0.6) is 11.5 Å². The molecule has 1 fully saturated rings. The number of nitro groups is 1. The first-order valence-electron chi connectivity index (χ1n) is 8.72. The maximum Gasteiger partial charge on any atom is 0.322 e. The molecule has 1 saturated heterocycles. The van der Waals surface area contributed by atoms with E-state index in [4.69, 9.17) is 9.47 Å². The zero-order valence-electron chi connectivity index (χ0n) is 15.4. The van der Waals surface area contributed by atoms with Crippen molar-refractivity contribution in [3.05, 3.63) is 40.0 Å². The first-order valence-corrected chi connectivity index (χ1v) is 8.72. The van der Waals surface area contributed by atoms with Crippen LogP contribution in [0.4, 0.5) is 4.79 Å². The lowest BCUT2D eigenvalue weighted by molar-refractivity contribution is -0.510. The molecule has 0 spiro atoms. The average molecular weight is 377 g/mol. The summed E-state index contributed by atoms with van der Waals surface area (Å²) in [6, 6.07) is 1.87. The van der Waals surface area contributed by atoms with E-state index in [-0.39, 0.29) is 6.10 Å². The number of carbonyl (C=O) groups is 2. The van der Waals surface area contributed by atoms with E-state index in [0.29, 0.717) is 23.7 Å². The summed E-state index contributed by atoms with van der Waals surface area (Å²) in [4.78, 5) is 33.5.